The molecule has 0 spiro atoms. The van der Waals surface area contributed by atoms with E-state index >= 15 is 0 Å². The maximum absolute atomic E-state index is 13.3. The Kier molecular flexibility index (Phi) is 10.6. The Morgan fingerprint density at radius 2 is 1.83 bits per heavy atom. The number of carbonyl (C=O) groups is 2. The molecule has 192 valence electrons. The summed E-state index contributed by atoms with van der Waals surface area (Å²) in [4.78, 5) is 27.6. The number of nitrogens with one attached hydrogen (secondary N) is 1. The van der Waals surface area contributed by atoms with E-state index < -0.39 is 16.1 Å². The average Bonchev–Trinajstić information content (AvgIpc) is 2.83. The van der Waals surface area contributed by atoms with Gasteiger partial charge in [0, 0.05) is 32.1 Å². The zero-order valence-electron chi connectivity index (χ0n) is 21.3. The predicted molar refractivity (Wildman–Crippen MR) is 139 cm³/mol. The Balaban J connectivity index is 2.17. The molecule has 0 radical (unpaired) electrons. The number of hydrogen-bond donors (Lipinski definition) is 1. The lowest BCUT2D eigenvalue weighted by Gasteiger charge is -2.30. The lowest BCUT2D eigenvalue weighted by Crippen LogP contribution is -2.48. The Bertz CT molecular complexity index is 1100. The first kappa shape index (κ1) is 28.2. The zero-order valence-corrected chi connectivity index (χ0v) is 22.1. The minimum atomic E-state index is -3.57. The molecule has 1 N–H and O–H groups in total. The van der Waals surface area contributed by atoms with E-state index in [1.807, 2.05) is 38.1 Å². The van der Waals surface area contributed by atoms with Crippen molar-refractivity contribution in [2.45, 2.75) is 52.6 Å². The summed E-state index contributed by atoms with van der Waals surface area (Å²) < 4.78 is 31.4. The van der Waals surface area contributed by atoms with Crippen LogP contribution in [0, 0.1) is 6.92 Å². The number of ether oxygens (including phenoxy) is 1. The molecule has 1 atom stereocenters. The highest BCUT2D eigenvalue weighted by atomic mass is 32.2. The van der Waals surface area contributed by atoms with Crippen molar-refractivity contribution < 1.29 is 22.7 Å². The van der Waals surface area contributed by atoms with E-state index in [0.29, 0.717) is 30.9 Å². The normalized spacial score (nSPS) is 12.0. The number of benzene rings is 2. The van der Waals surface area contributed by atoms with Gasteiger partial charge in [0.15, 0.2) is 0 Å². The van der Waals surface area contributed by atoms with Crippen LogP contribution in [0.15, 0.2) is 48.5 Å². The van der Waals surface area contributed by atoms with Crippen LogP contribution < -0.4 is 14.4 Å². The number of rotatable bonds is 13. The fourth-order valence-electron chi connectivity index (χ4n) is 3.72. The summed E-state index contributed by atoms with van der Waals surface area (Å²) in [5, 5.41) is 2.86. The molecule has 0 fully saturated rings. The summed E-state index contributed by atoms with van der Waals surface area (Å²) in [6.45, 7) is 6.64. The number of sulfonamides is 1. The standard InChI is InChI=1S/C26H37N3O5S/c1-6-16-27-26(31)21(3)28(19-22-12-8-7-11-20(22)2)25(30)15-10-17-29(35(5,32)33)23-13-9-14-24(18-23)34-4/h7-9,11-14,18,21H,6,10,15-17,19H2,1-5H3,(H,27,31)/t21-/m0/s1. The second-order valence-corrected chi connectivity index (χ2v) is 10.5. The molecular formula is C26H37N3O5S. The summed E-state index contributed by atoms with van der Waals surface area (Å²) >= 11 is 0. The molecule has 2 aromatic rings. The summed E-state index contributed by atoms with van der Waals surface area (Å²) in [6, 6.07) is 13.9. The highest BCUT2D eigenvalue weighted by Gasteiger charge is 2.27. The highest BCUT2D eigenvalue weighted by Crippen LogP contribution is 2.24. The fourth-order valence-corrected chi connectivity index (χ4v) is 4.68. The van der Waals surface area contributed by atoms with Gasteiger partial charge in [0.2, 0.25) is 21.8 Å². The van der Waals surface area contributed by atoms with Gasteiger partial charge in [0.1, 0.15) is 11.8 Å². The third-order valence-electron chi connectivity index (χ3n) is 5.81. The van der Waals surface area contributed by atoms with Crippen molar-refractivity contribution in [2.75, 3.05) is 30.8 Å². The van der Waals surface area contributed by atoms with Crippen LogP contribution in [0.25, 0.3) is 0 Å². The Morgan fingerprint density at radius 3 is 2.46 bits per heavy atom. The van der Waals surface area contributed by atoms with Gasteiger partial charge >= 0.3 is 0 Å². The van der Waals surface area contributed by atoms with Gasteiger partial charge in [-0.15, -0.1) is 0 Å². The van der Waals surface area contributed by atoms with Crippen molar-refractivity contribution in [1.82, 2.24) is 10.2 Å². The molecule has 2 amide bonds. The van der Waals surface area contributed by atoms with Crippen molar-refractivity contribution in [1.29, 1.82) is 0 Å². The van der Waals surface area contributed by atoms with E-state index in [9.17, 15) is 18.0 Å². The Morgan fingerprint density at radius 1 is 1.11 bits per heavy atom. The van der Waals surface area contributed by atoms with E-state index in [2.05, 4.69) is 5.32 Å². The molecule has 0 unspecified atom stereocenters. The molecule has 0 aliphatic heterocycles. The van der Waals surface area contributed by atoms with Crippen LogP contribution in [0.1, 0.15) is 44.2 Å². The minimum absolute atomic E-state index is 0.104. The first-order valence-corrected chi connectivity index (χ1v) is 13.7. The monoisotopic (exact) mass is 503 g/mol. The quantitative estimate of drug-likeness (QED) is 0.451. The third kappa shape index (κ3) is 8.28. The molecule has 2 aromatic carbocycles. The maximum atomic E-state index is 13.3. The lowest BCUT2D eigenvalue weighted by atomic mass is 10.1. The number of amides is 2. The van der Waals surface area contributed by atoms with Crippen LogP contribution in [0.4, 0.5) is 5.69 Å². The average molecular weight is 504 g/mol. The van der Waals surface area contributed by atoms with E-state index in [1.165, 1.54) is 11.4 Å². The number of nitrogens with zero attached hydrogens (tertiary/aromatic N) is 2. The minimum Gasteiger partial charge on any atom is -0.497 e. The topological polar surface area (TPSA) is 96.0 Å². The largest absolute Gasteiger partial charge is 0.497 e. The van der Waals surface area contributed by atoms with Crippen LogP contribution in [0.3, 0.4) is 0 Å². The number of anilines is 1. The molecule has 0 heterocycles. The number of methoxy groups -OCH3 is 1. The molecule has 0 bridgehead atoms. The van der Waals surface area contributed by atoms with Crippen molar-refractivity contribution in [3.63, 3.8) is 0 Å². The summed E-state index contributed by atoms with van der Waals surface area (Å²) in [7, 11) is -2.05. The van der Waals surface area contributed by atoms with Gasteiger partial charge in [0.25, 0.3) is 0 Å². The molecule has 0 aliphatic carbocycles. The summed E-state index contributed by atoms with van der Waals surface area (Å²) in [5.41, 5.74) is 2.47. The molecule has 2 rings (SSSR count). The first-order chi connectivity index (χ1) is 16.6. The summed E-state index contributed by atoms with van der Waals surface area (Å²) in [5.74, 6) is 0.137. The first-order valence-electron chi connectivity index (χ1n) is 11.8. The van der Waals surface area contributed by atoms with Crippen molar-refractivity contribution in [3.05, 3.63) is 59.7 Å². The van der Waals surface area contributed by atoms with E-state index in [0.717, 1.165) is 23.8 Å². The molecule has 8 nitrogen and oxygen atoms in total. The maximum Gasteiger partial charge on any atom is 0.242 e. The highest BCUT2D eigenvalue weighted by molar-refractivity contribution is 7.92. The number of carbonyl (C=O) groups excluding carboxylic acids is 2. The van der Waals surface area contributed by atoms with Crippen LogP contribution in [-0.2, 0) is 26.2 Å². The van der Waals surface area contributed by atoms with Gasteiger partial charge < -0.3 is 15.0 Å². The van der Waals surface area contributed by atoms with Gasteiger partial charge in [0.05, 0.1) is 19.1 Å². The van der Waals surface area contributed by atoms with Gasteiger partial charge in [-0.05, 0) is 49.9 Å². The second kappa shape index (κ2) is 13.1. The number of hydrogen-bond acceptors (Lipinski definition) is 5. The summed E-state index contributed by atoms with van der Waals surface area (Å²) in [6.07, 6.45) is 2.35. The molecule has 0 aromatic heterocycles. The smallest absolute Gasteiger partial charge is 0.242 e. The SMILES string of the molecule is CCCNC(=O)[C@H](C)N(Cc1ccccc1C)C(=O)CCCN(c1cccc(OC)c1)S(C)(=O)=O. The van der Waals surface area contributed by atoms with Crippen molar-refractivity contribution in [2.24, 2.45) is 0 Å². The molecule has 35 heavy (non-hydrogen) atoms. The fraction of sp³-hybridized carbons (Fsp3) is 0.462. The number of aryl methyl sites for hydroxylation is 1. The van der Waals surface area contributed by atoms with Crippen LogP contribution >= 0.6 is 0 Å². The van der Waals surface area contributed by atoms with Crippen LogP contribution in [-0.4, -0.2) is 57.6 Å². The van der Waals surface area contributed by atoms with Gasteiger partial charge in [-0.1, -0.05) is 37.3 Å². The van der Waals surface area contributed by atoms with Gasteiger partial charge in [-0.25, -0.2) is 8.42 Å². The zero-order chi connectivity index (χ0) is 26.0. The van der Waals surface area contributed by atoms with Gasteiger partial charge in [-0.3, -0.25) is 13.9 Å². The van der Waals surface area contributed by atoms with Crippen molar-refractivity contribution in [3.8, 4) is 5.75 Å². The second-order valence-electron chi connectivity index (χ2n) is 8.56. The van der Waals surface area contributed by atoms with Crippen molar-refractivity contribution >= 4 is 27.5 Å². The van der Waals surface area contributed by atoms with E-state index in [4.69, 9.17) is 4.74 Å². The third-order valence-corrected chi connectivity index (χ3v) is 7.01. The molecular weight excluding hydrogens is 466 g/mol. The molecule has 0 aliphatic rings. The van der Waals surface area contributed by atoms with Gasteiger partial charge in [-0.2, -0.15) is 0 Å². The van der Waals surface area contributed by atoms with Crippen LogP contribution in [0.2, 0.25) is 0 Å². The molecule has 0 saturated heterocycles. The van der Waals surface area contributed by atoms with E-state index in [1.54, 1.807) is 36.1 Å². The molecule has 9 heteroatoms. The Hall–Kier alpha value is -3.07. The Labute approximate surface area is 209 Å². The molecule has 0 saturated carbocycles. The van der Waals surface area contributed by atoms with Crippen LogP contribution in [0.5, 0.6) is 5.75 Å². The lowest BCUT2D eigenvalue weighted by molar-refractivity contribution is -0.140. The predicted octanol–water partition coefficient (Wildman–Crippen LogP) is 3.49. The van der Waals surface area contributed by atoms with E-state index in [-0.39, 0.29) is 24.8 Å².